The van der Waals surface area contributed by atoms with E-state index in [-0.39, 0.29) is 34.9 Å². The Kier molecular flexibility index (Phi) is 11.5. The van der Waals surface area contributed by atoms with E-state index in [1.54, 1.807) is 40.7 Å². The van der Waals surface area contributed by atoms with E-state index in [1.807, 2.05) is 0 Å². The number of pyridine rings is 1. The molecule has 2 aromatic rings. The van der Waals surface area contributed by atoms with Crippen LogP contribution in [0.25, 0.3) is 0 Å². The number of nitrogens with one attached hydrogen (secondary N) is 1. The van der Waals surface area contributed by atoms with Crippen LogP contribution in [0.4, 0.5) is 11.4 Å². The Morgan fingerprint density at radius 1 is 1.14 bits per heavy atom. The molecule has 4 rings (SSSR count). The normalized spacial score (nSPS) is 17.2. The summed E-state index contributed by atoms with van der Waals surface area (Å²) in [5.41, 5.74) is 10.8. The smallest absolute Gasteiger partial charge is 0.308 e. The second-order valence-corrected chi connectivity index (χ2v) is 14.1. The zero-order valence-electron chi connectivity index (χ0n) is 25.4. The minimum atomic E-state index is -3.83. The number of anilines is 1. The van der Waals surface area contributed by atoms with Gasteiger partial charge in [0.1, 0.15) is 17.0 Å². The van der Waals surface area contributed by atoms with E-state index >= 15 is 0 Å². The summed E-state index contributed by atoms with van der Waals surface area (Å²) in [5.74, 6) is 0.466. The fraction of sp³-hybridized carbons (Fsp3) is 0.533. The van der Waals surface area contributed by atoms with Crippen molar-refractivity contribution in [1.29, 1.82) is 5.26 Å². The highest BCUT2D eigenvalue weighted by Crippen LogP contribution is 2.39. The van der Waals surface area contributed by atoms with E-state index in [0.29, 0.717) is 11.3 Å². The maximum atomic E-state index is 13.2. The van der Waals surface area contributed by atoms with Crippen LogP contribution in [-0.2, 0) is 26.1 Å². The van der Waals surface area contributed by atoms with E-state index in [1.165, 1.54) is 60.8 Å². The molecule has 1 saturated carbocycles. The van der Waals surface area contributed by atoms with Crippen LogP contribution in [0.15, 0.2) is 45.1 Å². The van der Waals surface area contributed by atoms with Gasteiger partial charge < -0.3 is 21.2 Å². The molecule has 42 heavy (non-hydrogen) atoms. The first-order valence-corrected chi connectivity index (χ1v) is 15.4. The molecule has 1 aliphatic heterocycles. The quantitative estimate of drug-likeness (QED) is 0.250. The number of carbonyl (C=O) groups is 1. The van der Waals surface area contributed by atoms with Gasteiger partial charge in [0.2, 0.25) is 10.0 Å². The van der Waals surface area contributed by atoms with Crippen molar-refractivity contribution >= 4 is 33.2 Å². The predicted octanol–water partition coefficient (Wildman–Crippen LogP) is 4.74. The number of rotatable bonds is 5. The number of nitriles is 1. The number of aromatic nitrogens is 1. The molecule has 11 nitrogen and oxygen atoms in total. The van der Waals surface area contributed by atoms with Crippen LogP contribution in [0.5, 0.6) is 0 Å². The number of aliphatic imine (C=N–C) groups is 1. The predicted molar refractivity (Wildman–Crippen MR) is 164 cm³/mol. The monoisotopic (exact) mass is 600 g/mol. The zero-order valence-corrected chi connectivity index (χ0v) is 26.3. The van der Waals surface area contributed by atoms with Crippen LogP contribution in [0.2, 0.25) is 0 Å². The average molecular weight is 601 g/mol. The van der Waals surface area contributed by atoms with Gasteiger partial charge in [-0.2, -0.15) is 4.31 Å². The molecule has 1 aliphatic carbocycles. The van der Waals surface area contributed by atoms with Gasteiger partial charge in [0.15, 0.2) is 0 Å². The number of ether oxygens (including phenoxy) is 1. The number of nitrogens with two attached hydrogens (primary N) is 2. The first-order valence-electron chi connectivity index (χ1n) is 14.0. The summed E-state index contributed by atoms with van der Waals surface area (Å²) in [7, 11) is -3.83. The average Bonchev–Trinajstić information content (AvgIpc) is 3.15. The number of aromatic amines is 1. The maximum Gasteiger partial charge on any atom is 0.308 e. The number of esters is 1. The van der Waals surface area contributed by atoms with E-state index < -0.39 is 32.7 Å². The standard InChI is InChI=1S/C22H29N5O5S.C7H14.CHN/c1-21(2,3)32-17(28)11-22(4,5)27-12-13-10-14(6-7-16(13)33(27,30)31)26-19(24)18-15(23)8-9-25-20(18)29;1-7-5-3-2-4-6-7;1-2/h6-10H,11-12H2,1-5H3,(H2,24,26)(H3,23,25,29);7H,2-6H2,1H3;1H. The SMILES string of the molecule is C#N.CC(C)(C)OC(=O)CC(C)(C)N1Cc2cc(N=C(N)c3c(N)cc[nH]c3=O)ccc2S1(=O)=O.CC1CCCCC1. The van der Waals surface area contributed by atoms with Gasteiger partial charge >= 0.3 is 5.97 Å². The molecule has 0 saturated heterocycles. The molecule has 0 amide bonds. The van der Waals surface area contributed by atoms with Crippen molar-refractivity contribution < 1.29 is 17.9 Å². The van der Waals surface area contributed by atoms with Crippen molar-refractivity contribution in [1.82, 2.24) is 9.29 Å². The molecular formula is C30H44N6O5S. The van der Waals surface area contributed by atoms with E-state index in [4.69, 9.17) is 21.5 Å². The fourth-order valence-corrected chi connectivity index (χ4v) is 6.94. The number of carbonyl (C=O) groups excluding carboxylic acids is 1. The molecular weight excluding hydrogens is 556 g/mol. The molecule has 230 valence electrons. The van der Waals surface area contributed by atoms with Crippen molar-refractivity contribution in [2.24, 2.45) is 16.6 Å². The van der Waals surface area contributed by atoms with Crippen molar-refractivity contribution in [3.8, 4) is 6.57 Å². The number of nitrogens with zero attached hydrogens (tertiary/aromatic N) is 3. The van der Waals surface area contributed by atoms with Gasteiger partial charge in [-0.1, -0.05) is 39.0 Å². The minimum absolute atomic E-state index is 0.0470. The molecule has 0 radical (unpaired) electrons. The summed E-state index contributed by atoms with van der Waals surface area (Å²) < 4.78 is 33.0. The minimum Gasteiger partial charge on any atom is -0.460 e. The molecule has 0 unspecified atom stereocenters. The Bertz CT molecular complexity index is 1460. The third-order valence-corrected chi connectivity index (χ3v) is 9.15. The zero-order chi connectivity index (χ0) is 31.9. The lowest BCUT2D eigenvalue weighted by atomic mass is 9.91. The van der Waals surface area contributed by atoms with Gasteiger partial charge in [0, 0.05) is 30.5 Å². The van der Waals surface area contributed by atoms with Crippen LogP contribution in [0.1, 0.15) is 91.2 Å². The Morgan fingerprint density at radius 3 is 2.29 bits per heavy atom. The Balaban J connectivity index is 0.000000590. The fourth-order valence-electron chi connectivity index (χ4n) is 4.99. The second-order valence-electron chi connectivity index (χ2n) is 12.3. The van der Waals surface area contributed by atoms with Crippen molar-refractivity contribution in [2.75, 3.05) is 5.73 Å². The van der Waals surface area contributed by atoms with Crippen molar-refractivity contribution in [2.45, 2.75) is 103 Å². The highest BCUT2D eigenvalue weighted by atomic mass is 32.2. The Morgan fingerprint density at radius 2 is 1.76 bits per heavy atom. The summed E-state index contributed by atoms with van der Waals surface area (Å²) in [6.45, 7) is 14.6. The van der Waals surface area contributed by atoms with Crippen LogP contribution in [0, 0.1) is 17.8 Å². The first kappa shape index (κ1) is 34.5. The number of fused-ring (bicyclic) bond motifs is 1. The summed E-state index contributed by atoms with van der Waals surface area (Å²) >= 11 is 0. The van der Waals surface area contributed by atoms with Gasteiger partial charge in [0.25, 0.3) is 5.56 Å². The molecule has 1 aromatic heterocycles. The Hall–Kier alpha value is -3.69. The van der Waals surface area contributed by atoms with Crippen LogP contribution in [0.3, 0.4) is 0 Å². The second kappa shape index (κ2) is 14.0. The largest absolute Gasteiger partial charge is 0.460 e. The van der Waals surface area contributed by atoms with Crippen molar-refractivity contribution in [3.63, 3.8) is 0 Å². The van der Waals surface area contributed by atoms with E-state index in [9.17, 15) is 18.0 Å². The molecule has 2 heterocycles. The van der Waals surface area contributed by atoms with Gasteiger partial charge in [-0.15, -0.1) is 0 Å². The number of hydrogen-bond donors (Lipinski definition) is 3. The van der Waals surface area contributed by atoms with Gasteiger partial charge in [-0.05, 0) is 70.4 Å². The van der Waals surface area contributed by atoms with Crippen molar-refractivity contribution in [3.05, 3.63) is 51.9 Å². The molecule has 0 spiro atoms. The third-order valence-electron chi connectivity index (χ3n) is 6.99. The number of H-pyrrole nitrogens is 1. The summed E-state index contributed by atoms with van der Waals surface area (Å²) in [5, 5.41) is 6.50. The van der Waals surface area contributed by atoms with E-state index in [0.717, 1.165) is 5.92 Å². The van der Waals surface area contributed by atoms with Gasteiger partial charge in [-0.25, -0.2) is 18.7 Å². The van der Waals surface area contributed by atoms with Crippen LogP contribution in [-0.4, -0.2) is 40.7 Å². The summed E-state index contributed by atoms with van der Waals surface area (Å²) in [6, 6.07) is 6.04. The lowest BCUT2D eigenvalue weighted by molar-refractivity contribution is -0.157. The number of amidine groups is 1. The van der Waals surface area contributed by atoms with Crippen LogP contribution >= 0.6 is 0 Å². The summed E-state index contributed by atoms with van der Waals surface area (Å²) in [6.07, 6.45) is 8.74. The topological polar surface area (TPSA) is 185 Å². The van der Waals surface area contributed by atoms with Gasteiger partial charge in [0.05, 0.1) is 17.0 Å². The molecule has 1 fully saturated rings. The number of hydrogen-bond acceptors (Lipinski definition) is 8. The summed E-state index contributed by atoms with van der Waals surface area (Å²) in [4.78, 5) is 31.3. The number of benzene rings is 1. The molecule has 0 atom stereocenters. The van der Waals surface area contributed by atoms with Gasteiger partial charge in [-0.3, -0.25) is 9.59 Å². The number of sulfonamides is 1. The maximum absolute atomic E-state index is 13.2. The molecule has 12 heteroatoms. The van der Waals surface area contributed by atoms with Crippen LogP contribution < -0.4 is 17.0 Å². The third kappa shape index (κ3) is 8.90. The lowest BCUT2D eigenvalue weighted by Crippen LogP contribution is -2.46. The highest BCUT2D eigenvalue weighted by molar-refractivity contribution is 7.89. The molecule has 2 aliphatic rings. The van der Waals surface area contributed by atoms with E-state index in [2.05, 4.69) is 23.5 Å². The molecule has 1 aromatic carbocycles. The number of nitrogen functional groups attached to an aromatic ring is 1. The molecule has 5 N–H and O–H groups in total. The first-order chi connectivity index (χ1) is 19.5. The Labute approximate surface area is 249 Å². The lowest BCUT2D eigenvalue weighted by Gasteiger charge is -2.34. The molecule has 0 bridgehead atoms. The highest BCUT2D eigenvalue weighted by Gasteiger charge is 2.45.